The van der Waals surface area contributed by atoms with Gasteiger partial charge >= 0.3 is 17.9 Å². The molecule has 0 unspecified atom stereocenters. The molecule has 0 saturated heterocycles. The Morgan fingerprint density at radius 3 is 1.36 bits per heavy atom. The maximum atomic E-state index is 17.9. The van der Waals surface area contributed by atoms with Gasteiger partial charge < -0.3 is 14.2 Å². The van der Waals surface area contributed by atoms with Gasteiger partial charge in [0.1, 0.15) is 9.75 Å². The number of unbranched alkanes of at least 4 members (excludes halogenated alkanes) is 3. The topological polar surface area (TPSA) is 78.9 Å². The highest BCUT2D eigenvalue weighted by Crippen LogP contribution is 2.61. The van der Waals surface area contributed by atoms with Crippen molar-refractivity contribution in [2.24, 2.45) is 0 Å². The first-order chi connectivity index (χ1) is 47.2. The first kappa shape index (κ1) is 64.1. The Morgan fingerprint density at radius 1 is 0.433 bits per heavy atom. The van der Waals surface area contributed by atoms with Gasteiger partial charge in [-0.05, 0) is 144 Å². The summed E-state index contributed by atoms with van der Waals surface area (Å²) in [6.45, 7) is 10.9. The van der Waals surface area contributed by atoms with Gasteiger partial charge in [-0.2, -0.15) is 0 Å². The second kappa shape index (κ2) is 26.3. The highest BCUT2D eigenvalue weighted by molar-refractivity contribution is 7.36. The van der Waals surface area contributed by atoms with Crippen molar-refractivity contribution in [2.45, 2.75) is 73.1 Å². The normalized spacial score (nSPS) is 13.4. The van der Waals surface area contributed by atoms with Crippen LogP contribution in [0, 0.1) is 25.5 Å². The summed E-state index contributed by atoms with van der Waals surface area (Å²) in [5.74, 6) is -2.90. The summed E-state index contributed by atoms with van der Waals surface area (Å²) in [7, 11) is 1.31. The lowest BCUT2D eigenvalue weighted by Crippen LogP contribution is -2.06. The van der Waals surface area contributed by atoms with E-state index in [4.69, 9.17) is 14.2 Å². The number of allylic oxidation sites excluding steroid dienone is 9. The highest BCUT2D eigenvalue weighted by Gasteiger charge is 2.34. The molecule has 0 fully saturated rings. The van der Waals surface area contributed by atoms with Gasteiger partial charge in [0.05, 0.1) is 44.4 Å². The van der Waals surface area contributed by atoms with E-state index in [-0.39, 0.29) is 22.3 Å². The SMILES string of the molecule is C/C=C/C(=O)OCCCCCCOC(=O)c1sc2c(-c3cc4c(C5=CC=C(C)C5)c5sc(-c6sc(-c7cc8c(-c9ccc(C)s9)c9sc(-c%10ccccc%10)cc9c(-c9ccc(C)s9)c8s7)c7sc(C(=O)OC)c(F)c67)cc5c(C5=CC=C(C)C5)c4s3)sc(-c3ccccc3)c2c1F. The van der Waals surface area contributed by atoms with Crippen molar-refractivity contribution in [3.63, 3.8) is 0 Å². The molecule has 0 bridgehead atoms. The number of halogens is 2. The van der Waals surface area contributed by atoms with E-state index in [9.17, 15) is 14.4 Å². The van der Waals surface area contributed by atoms with Crippen LogP contribution < -0.4 is 0 Å². The van der Waals surface area contributed by atoms with E-state index in [1.165, 1.54) is 103 Å². The number of rotatable bonds is 19. The van der Waals surface area contributed by atoms with Gasteiger partial charge in [-0.1, -0.05) is 102 Å². The molecular weight excluding hydrogens is 1400 g/mol. The maximum Gasteiger partial charge on any atom is 0.351 e. The van der Waals surface area contributed by atoms with Gasteiger partial charge in [-0.3, -0.25) is 0 Å². The van der Waals surface area contributed by atoms with Gasteiger partial charge in [-0.15, -0.1) is 113 Å². The van der Waals surface area contributed by atoms with Gasteiger partial charge in [-0.25, -0.2) is 23.2 Å². The summed E-state index contributed by atoms with van der Waals surface area (Å²) in [6.07, 6.45) is 16.2. The Kier molecular flexibility index (Phi) is 17.3. The number of thiophene rings is 10. The smallest absolute Gasteiger partial charge is 0.351 e. The molecule has 484 valence electrons. The third-order valence-corrected chi connectivity index (χ3v) is 30.0. The van der Waals surface area contributed by atoms with Crippen LogP contribution in [0.2, 0.25) is 0 Å². The molecule has 4 aromatic carbocycles. The van der Waals surface area contributed by atoms with Gasteiger partial charge in [0.25, 0.3) is 0 Å². The molecule has 2 aliphatic rings. The fourth-order valence-corrected chi connectivity index (χ4v) is 25.8. The Bertz CT molecular complexity index is 5540. The van der Waals surface area contributed by atoms with Crippen molar-refractivity contribution in [3.05, 3.63) is 199 Å². The van der Waals surface area contributed by atoms with Crippen molar-refractivity contribution in [2.75, 3.05) is 20.3 Å². The molecule has 0 saturated carbocycles. The van der Waals surface area contributed by atoms with E-state index in [1.807, 2.05) is 41.7 Å². The molecule has 18 heteroatoms. The van der Waals surface area contributed by atoms with Crippen LogP contribution in [0.1, 0.15) is 99.5 Å². The molecular formula is C79H58F2O6S10. The van der Waals surface area contributed by atoms with Crippen molar-refractivity contribution in [1.82, 2.24) is 0 Å². The molecule has 16 rings (SSSR count). The molecule has 0 amide bonds. The summed E-state index contributed by atoms with van der Waals surface area (Å²) < 4.78 is 57.6. The average molecular weight is 1460 g/mol. The average Bonchev–Trinajstić information content (AvgIpc) is 1.56. The Morgan fingerprint density at radius 2 is 0.876 bits per heavy atom. The molecule has 0 atom stereocenters. The number of carbonyl (C=O) groups excluding carboxylic acids is 3. The minimum absolute atomic E-state index is 0.0500. The molecule has 0 radical (unpaired) electrons. The van der Waals surface area contributed by atoms with Crippen LogP contribution in [0.15, 0.2) is 157 Å². The van der Waals surface area contributed by atoms with E-state index in [1.54, 1.807) is 92.4 Å². The van der Waals surface area contributed by atoms with Crippen molar-refractivity contribution in [3.8, 4) is 71.0 Å². The van der Waals surface area contributed by atoms with Gasteiger partial charge in [0.2, 0.25) is 0 Å². The standard InChI is InChI=1S/C79H58F2O6S10/c1-7-18-57(82)86-31-16-8-9-17-32-87-79(84)77-64(80)62-66(44-21-14-11-15-22-44)94-72(74(62)97-77)55-37-48-59(46-28-24-40(3)34-46)67-47(58(68(48)92-55)45-27-23-39(2)33-45)36-54(91-67)71-63-65(81)76(78(83)85-6)96-75(63)73(95-71)56-38-50-61(52-30-26-42(5)89-52)69-49(35-53(90-69)43-19-12-10-13-20-43)60(70(50)93-56)51-29-25-41(4)88-51/h7,10-15,18-30,35-38H,8-9,16-17,31-34H2,1-6H3/b18-7+. The molecule has 10 heterocycles. The predicted octanol–water partition coefficient (Wildman–Crippen LogP) is 26.9. The van der Waals surface area contributed by atoms with E-state index in [2.05, 4.69) is 131 Å². The third-order valence-electron chi connectivity index (χ3n) is 17.7. The summed E-state index contributed by atoms with van der Waals surface area (Å²) in [5.41, 5.74) is 11.5. The number of hydrogen-bond acceptors (Lipinski definition) is 16. The Labute approximate surface area is 598 Å². The van der Waals surface area contributed by atoms with Gasteiger partial charge in [0, 0.05) is 123 Å². The molecule has 97 heavy (non-hydrogen) atoms. The molecule has 0 spiro atoms. The molecule has 0 aliphatic heterocycles. The fourth-order valence-electron chi connectivity index (χ4n) is 13.3. The number of esters is 3. The van der Waals surface area contributed by atoms with Crippen LogP contribution in [0.5, 0.6) is 0 Å². The van der Waals surface area contributed by atoms with Crippen LogP contribution in [-0.2, 0) is 19.0 Å². The fraction of sp³-hybridized carbons (Fsp3) is 0.177. The molecule has 14 aromatic rings. The maximum absolute atomic E-state index is 17.9. The summed E-state index contributed by atoms with van der Waals surface area (Å²) in [4.78, 5) is 51.6. The number of benzene rings is 4. The van der Waals surface area contributed by atoms with E-state index >= 15 is 8.78 Å². The summed E-state index contributed by atoms with van der Waals surface area (Å²) in [6, 6.07) is 38.6. The van der Waals surface area contributed by atoms with Crippen molar-refractivity contribution >= 4 is 203 Å². The lowest BCUT2D eigenvalue weighted by atomic mass is 9.91. The summed E-state index contributed by atoms with van der Waals surface area (Å²) in [5, 5.41) is 5.33. The molecule has 10 aromatic heterocycles. The summed E-state index contributed by atoms with van der Waals surface area (Å²) >= 11 is 16.0. The lowest BCUT2D eigenvalue weighted by Gasteiger charge is -2.14. The monoisotopic (exact) mass is 1460 g/mol. The van der Waals surface area contributed by atoms with Crippen LogP contribution in [0.3, 0.4) is 0 Å². The number of methoxy groups -OCH3 is 1. The number of hydrogen-bond donors (Lipinski definition) is 0. The minimum Gasteiger partial charge on any atom is -0.465 e. The Hall–Kier alpha value is -7.59. The predicted molar refractivity (Wildman–Crippen MR) is 416 cm³/mol. The van der Waals surface area contributed by atoms with Crippen molar-refractivity contribution < 1.29 is 37.4 Å². The number of ether oxygens (including phenoxy) is 3. The van der Waals surface area contributed by atoms with Crippen LogP contribution >= 0.6 is 113 Å². The first-order valence-corrected chi connectivity index (χ1v) is 40.0. The zero-order chi connectivity index (χ0) is 66.5. The van der Waals surface area contributed by atoms with Crippen molar-refractivity contribution in [1.29, 1.82) is 0 Å². The quantitative estimate of drug-likeness (QED) is 0.0347. The third kappa shape index (κ3) is 11.4. The highest BCUT2D eigenvalue weighted by atomic mass is 32.1. The molecule has 0 N–H and O–H groups in total. The zero-order valence-electron chi connectivity index (χ0n) is 53.3. The molecule has 6 nitrogen and oxygen atoms in total. The van der Waals surface area contributed by atoms with Crippen LogP contribution in [0.4, 0.5) is 8.78 Å². The number of fused-ring (bicyclic) bond motifs is 6. The van der Waals surface area contributed by atoms with E-state index < -0.39 is 23.6 Å². The number of carbonyl (C=O) groups is 3. The molecule has 2 aliphatic carbocycles. The minimum atomic E-state index is -0.706. The van der Waals surface area contributed by atoms with Crippen LogP contribution in [-0.4, -0.2) is 38.2 Å². The number of aryl methyl sites for hydroxylation is 2. The Balaban J connectivity index is 0.864. The van der Waals surface area contributed by atoms with Gasteiger partial charge in [0.15, 0.2) is 11.6 Å². The largest absolute Gasteiger partial charge is 0.465 e. The lowest BCUT2D eigenvalue weighted by molar-refractivity contribution is -0.137. The van der Waals surface area contributed by atoms with E-state index in [0.29, 0.717) is 39.6 Å². The van der Waals surface area contributed by atoms with E-state index in [0.717, 1.165) is 113 Å². The van der Waals surface area contributed by atoms with Crippen LogP contribution in [0.25, 0.3) is 143 Å². The second-order valence-electron chi connectivity index (χ2n) is 24.4. The second-order valence-corrected chi connectivity index (χ2v) is 35.2. The first-order valence-electron chi connectivity index (χ1n) is 31.8. The zero-order valence-corrected chi connectivity index (χ0v) is 61.5.